The standard InChI is InChI=1S/C18H28O/c1-13(2)16-8-10-17(11-9-16)18(19)12-15-6-4-14(3)5-7-15/h4-7,13,16-19H,8-12H2,1-3H3. The second-order valence-corrected chi connectivity index (χ2v) is 6.68. The van der Waals surface area contributed by atoms with E-state index in [1.54, 1.807) is 0 Å². The lowest BCUT2D eigenvalue weighted by atomic mass is 9.74. The SMILES string of the molecule is Cc1ccc(CC(O)C2CCC(C(C)C)CC2)cc1. The minimum absolute atomic E-state index is 0.157. The van der Waals surface area contributed by atoms with Crippen LogP contribution in [0.5, 0.6) is 0 Å². The van der Waals surface area contributed by atoms with Crippen molar-refractivity contribution in [2.75, 3.05) is 0 Å². The number of aryl methyl sites for hydroxylation is 1. The molecule has 0 amide bonds. The predicted octanol–water partition coefficient (Wildman–Crippen LogP) is 4.36. The molecule has 19 heavy (non-hydrogen) atoms. The van der Waals surface area contributed by atoms with Gasteiger partial charge < -0.3 is 5.11 Å². The molecule has 106 valence electrons. The Morgan fingerprint density at radius 1 is 1.00 bits per heavy atom. The minimum Gasteiger partial charge on any atom is -0.392 e. The zero-order chi connectivity index (χ0) is 13.8. The summed E-state index contributed by atoms with van der Waals surface area (Å²) in [6.45, 7) is 6.76. The lowest BCUT2D eigenvalue weighted by Gasteiger charge is -2.33. The average molecular weight is 260 g/mol. The Balaban J connectivity index is 1.84. The quantitative estimate of drug-likeness (QED) is 0.852. The highest BCUT2D eigenvalue weighted by atomic mass is 16.3. The van der Waals surface area contributed by atoms with Crippen LogP contribution in [0.2, 0.25) is 0 Å². The van der Waals surface area contributed by atoms with E-state index in [0.717, 1.165) is 18.3 Å². The van der Waals surface area contributed by atoms with Gasteiger partial charge in [-0.2, -0.15) is 0 Å². The first-order valence-corrected chi connectivity index (χ1v) is 7.80. The molecular formula is C18H28O. The average Bonchev–Trinajstić information content (AvgIpc) is 2.41. The molecule has 2 rings (SSSR count). The number of aliphatic hydroxyl groups excluding tert-OH is 1. The fourth-order valence-electron chi connectivity index (χ4n) is 3.33. The monoisotopic (exact) mass is 260 g/mol. The van der Waals surface area contributed by atoms with Crippen LogP contribution in [0.1, 0.15) is 50.7 Å². The number of hydrogen-bond donors (Lipinski definition) is 1. The Morgan fingerprint density at radius 3 is 2.05 bits per heavy atom. The van der Waals surface area contributed by atoms with Gasteiger partial charge in [0, 0.05) is 0 Å². The van der Waals surface area contributed by atoms with Gasteiger partial charge >= 0.3 is 0 Å². The minimum atomic E-state index is -0.157. The number of hydrogen-bond acceptors (Lipinski definition) is 1. The van der Waals surface area contributed by atoms with E-state index in [-0.39, 0.29) is 6.10 Å². The van der Waals surface area contributed by atoms with Crippen LogP contribution in [0.25, 0.3) is 0 Å². The highest BCUT2D eigenvalue weighted by Gasteiger charge is 2.27. The summed E-state index contributed by atoms with van der Waals surface area (Å²) in [7, 11) is 0. The van der Waals surface area contributed by atoms with E-state index in [4.69, 9.17) is 0 Å². The second kappa shape index (κ2) is 6.56. The van der Waals surface area contributed by atoms with Gasteiger partial charge in [0.15, 0.2) is 0 Å². The molecule has 0 bridgehead atoms. The van der Waals surface area contributed by atoms with Crippen molar-refractivity contribution in [3.63, 3.8) is 0 Å². The first-order chi connectivity index (χ1) is 9.06. The maximum absolute atomic E-state index is 10.4. The summed E-state index contributed by atoms with van der Waals surface area (Å²) in [5.74, 6) is 2.19. The molecule has 0 saturated heterocycles. The highest BCUT2D eigenvalue weighted by molar-refractivity contribution is 5.21. The van der Waals surface area contributed by atoms with Crippen LogP contribution >= 0.6 is 0 Å². The Morgan fingerprint density at radius 2 is 1.53 bits per heavy atom. The van der Waals surface area contributed by atoms with Gasteiger partial charge in [0.25, 0.3) is 0 Å². The fourth-order valence-corrected chi connectivity index (χ4v) is 3.33. The molecule has 1 aliphatic rings. The molecule has 0 heterocycles. The molecule has 0 spiro atoms. The Bertz CT molecular complexity index is 371. The third-order valence-electron chi connectivity index (χ3n) is 4.87. The summed E-state index contributed by atoms with van der Waals surface area (Å²) in [4.78, 5) is 0. The van der Waals surface area contributed by atoms with Gasteiger partial charge in [0.05, 0.1) is 6.10 Å². The van der Waals surface area contributed by atoms with E-state index in [2.05, 4.69) is 45.0 Å². The first kappa shape index (κ1) is 14.6. The van der Waals surface area contributed by atoms with E-state index in [9.17, 15) is 5.11 Å². The van der Waals surface area contributed by atoms with Gasteiger partial charge in [-0.3, -0.25) is 0 Å². The molecule has 0 aliphatic heterocycles. The maximum atomic E-state index is 10.4. The van der Waals surface area contributed by atoms with E-state index in [1.165, 1.54) is 36.8 Å². The lowest BCUT2D eigenvalue weighted by Crippen LogP contribution is -2.28. The molecule has 1 unspecified atom stereocenters. The first-order valence-electron chi connectivity index (χ1n) is 7.80. The number of rotatable bonds is 4. The van der Waals surface area contributed by atoms with Crippen LogP contribution in [-0.2, 0) is 6.42 Å². The molecule has 1 aromatic rings. The van der Waals surface area contributed by atoms with Gasteiger partial charge in [-0.25, -0.2) is 0 Å². The van der Waals surface area contributed by atoms with Crippen molar-refractivity contribution in [3.8, 4) is 0 Å². The largest absolute Gasteiger partial charge is 0.392 e. The van der Waals surface area contributed by atoms with Gasteiger partial charge in [0.1, 0.15) is 0 Å². The molecule has 1 atom stereocenters. The Hall–Kier alpha value is -0.820. The Labute approximate surface area is 118 Å². The smallest absolute Gasteiger partial charge is 0.0608 e. The van der Waals surface area contributed by atoms with Crippen molar-refractivity contribution in [2.24, 2.45) is 17.8 Å². The van der Waals surface area contributed by atoms with Crippen molar-refractivity contribution in [1.29, 1.82) is 0 Å². The van der Waals surface area contributed by atoms with E-state index in [0.29, 0.717) is 5.92 Å². The van der Waals surface area contributed by atoms with Crippen LogP contribution in [0, 0.1) is 24.7 Å². The van der Waals surface area contributed by atoms with Crippen molar-refractivity contribution in [3.05, 3.63) is 35.4 Å². The van der Waals surface area contributed by atoms with Crippen molar-refractivity contribution < 1.29 is 5.11 Å². The van der Waals surface area contributed by atoms with Crippen LogP contribution < -0.4 is 0 Å². The summed E-state index contributed by atoms with van der Waals surface area (Å²) in [6, 6.07) is 8.58. The predicted molar refractivity (Wildman–Crippen MR) is 81.2 cm³/mol. The number of benzene rings is 1. The lowest BCUT2D eigenvalue weighted by molar-refractivity contribution is 0.0675. The topological polar surface area (TPSA) is 20.2 Å². The molecule has 1 aliphatic carbocycles. The molecule has 1 N–H and O–H groups in total. The zero-order valence-electron chi connectivity index (χ0n) is 12.6. The van der Waals surface area contributed by atoms with E-state index in [1.807, 2.05) is 0 Å². The van der Waals surface area contributed by atoms with Gasteiger partial charge in [0.2, 0.25) is 0 Å². The van der Waals surface area contributed by atoms with Crippen LogP contribution in [0.4, 0.5) is 0 Å². The molecule has 0 radical (unpaired) electrons. The normalized spacial score (nSPS) is 25.5. The molecule has 1 heteroatoms. The van der Waals surface area contributed by atoms with Crippen LogP contribution in [0.3, 0.4) is 0 Å². The van der Waals surface area contributed by atoms with Gasteiger partial charge in [-0.1, -0.05) is 43.7 Å². The van der Waals surface area contributed by atoms with Crippen LogP contribution in [0.15, 0.2) is 24.3 Å². The molecule has 1 nitrogen and oxygen atoms in total. The van der Waals surface area contributed by atoms with E-state index < -0.39 is 0 Å². The summed E-state index contributed by atoms with van der Waals surface area (Å²) in [5.41, 5.74) is 2.56. The highest BCUT2D eigenvalue weighted by Crippen LogP contribution is 2.35. The van der Waals surface area contributed by atoms with Crippen molar-refractivity contribution in [1.82, 2.24) is 0 Å². The zero-order valence-corrected chi connectivity index (χ0v) is 12.6. The third-order valence-corrected chi connectivity index (χ3v) is 4.87. The maximum Gasteiger partial charge on any atom is 0.0608 e. The Kier molecular flexibility index (Phi) is 5.04. The van der Waals surface area contributed by atoms with Crippen molar-refractivity contribution >= 4 is 0 Å². The van der Waals surface area contributed by atoms with Crippen LogP contribution in [-0.4, -0.2) is 11.2 Å². The summed E-state index contributed by atoms with van der Waals surface area (Å²) in [6.07, 6.45) is 5.67. The van der Waals surface area contributed by atoms with Crippen molar-refractivity contribution in [2.45, 2.75) is 59.0 Å². The molecule has 1 fully saturated rings. The van der Waals surface area contributed by atoms with Gasteiger partial charge in [-0.15, -0.1) is 0 Å². The summed E-state index contributed by atoms with van der Waals surface area (Å²) < 4.78 is 0. The number of aliphatic hydroxyl groups is 1. The molecular weight excluding hydrogens is 232 g/mol. The fraction of sp³-hybridized carbons (Fsp3) is 0.667. The molecule has 1 aromatic carbocycles. The molecule has 0 aromatic heterocycles. The molecule has 1 saturated carbocycles. The van der Waals surface area contributed by atoms with Gasteiger partial charge in [-0.05, 0) is 62.3 Å². The second-order valence-electron chi connectivity index (χ2n) is 6.68. The summed E-state index contributed by atoms with van der Waals surface area (Å²) >= 11 is 0. The van der Waals surface area contributed by atoms with E-state index >= 15 is 0 Å². The third kappa shape index (κ3) is 4.07. The summed E-state index contributed by atoms with van der Waals surface area (Å²) in [5, 5.41) is 10.4.